The van der Waals surface area contributed by atoms with Crippen molar-refractivity contribution in [1.29, 1.82) is 0 Å². The van der Waals surface area contributed by atoms with Crippen LogP contribution in [0.25, 0.3) is 0 Å². The molecule has 0 aromatic heterocycles. The van der Waals surface area contributed by atoms with Crippen LogP contribution in [0.3, 0.4) is 0 Å². The molecule has 2 aromatic carbocycles. The van der Waals surface area contributed by atoms with Gasteiger partial charge in [0.2, 0.25) is 10.0 Å². The summed E-state index contributed by atoms with van der Waals surface area (Å²) in [6, 6.07) is 12.2. The van der Waals surface area contributed by atoms with Gasteiger partial charge in [0, 0.05) is 18.7 Å². The van der Waals surface area contributed by atoms with Crippen molar-refractivity contribution in [3.63, 3.8) is 0 Å². The van der Waals surface area contributed by atoms with Gasteiger partial charge >= 0.3 is 0 Å². The van der Waals surface area contributed by atoms with Gasteiger partial charge < -0.3 is 14.8 Å². The lowest BCUT2D eigenvalue weighted by Gasteiger charge is -2.21. The lowest BCUT2D eigenvalue weighted by Crippen LogP contribution is -2.35. The van der Waals surface area contributed by atoms with Crippen LogP contribution in [-0.2, 0) is 14.8 Å². The van der Waals surface area contributed by atoms with E-state index in [2.05, 4.69) is 11.9 Å². The number of aryl methyl sites for hydroxylation is 1. The van der Waals surface area contributed by atoms with Gasteiger partial charge in [-0.15, -0.1) is 0 Å². The van der Waals surface area contributed by atoms with E-state index >= 15 is 0 Å². The topological polar surface area (TPSA) is 84.9 Å². The van der Waals surface area contributed by atoms with Crippen LogP contribution in [0, 0.1) is 6.92 Å². The van der Waals surface area contributed by atoms with Gasteiger partial charge in [0.05, 0.1) is 11.9 Å². The van der Waals surface area contributed by atoms with Gasteiger partial charge in [0.15, 0.2) is 6.10 Å². The number of sulfonamides is 1. The number of anilines is 2. The zero-order chi connectivity index (χ0) is 21.0. The fraction of sp³-hybridized carbons (Fsp3) is 0.286. The second kappa shape index (κ2) is 8.57. The largest absolute Gasteiger partial charge is 0.490 e. The van der Waals surface area contributed by atoms with Gasteiger partial charge in [-0.2, -0.15) is 0 Å². The first-order chi connectivity index (χ1) is 13.8. The predicted octanol–water partition coefficient (Wildman–Crippen LogP) is 3.12. The number of amides is 1. The van der Waals surface area contributed by atoms with Gasteiger partial charge in [-0.05, 0) is 48.9 Å². The molecular formula is C21H24N2O5S. The molecule has 0 saturated carbocycles. The molecule has 8 heteroatoms. The Labute approximate surface area is 171 Å². The number of ether oxygens (including phenoxy) is 2. The second-order valence-electron chi connectivity index (χ2n) is 6.81. The molecule has 1 aliphatic heterocycles. The molecular weight excluding hydrogens is 392 g/mol. The van der Waals surface area contributed by atoms with Crippen molar-refractivity contribution in [3.05, 3.63) is 60.7 Å². The van der Waals surface area contributed by atoms with E-state index < -0.39 is 16.1 Å². The van der Waals surface area contributed by atoms with E-state index in [1.807, 2.05) is 13.0 Å². The number of nitrogens with zero attached hydrogens (tertiary/aromatic N) is 1. The summed E-state index contributed by atoms with van der Waals surface area (Å²) in [6.45, 7) is 6.02. The SMILES string of the molecule is C=CCOc1ccc(NC(=O)C2CCN(S(C)(=O)=O)c3cc(C)ccc3O2)cc1. The summed E-state index contributed by atoms with van der Waals surface area (Å²) in [5, 5.41) is 2.81. The van der Waals surface area contributed by atoms with E-state index in [0.717, 1.165) is 11.8 Å². The van der Waals surface area contributed by atoms with Crippen LogP contribution >= 0.6 is 0 Å². The first kappa shape index (κ1) is 20.7. The van der Waals surface area contributed by atoms with Crippen LogP contribution in [-0.4, -0.2) is 39.8 Å². The Hall–Kier alpha value is -3.00. The molecule has 2 aromatic rings. The molecule has 1 aliphatic rings. The first-order valence-electron chi connectivity index (χ1n) is 9.17. The fourth-order valence-electron chi connectivity index (χ4n) is 3.03. The molecule has 0 saturated heterocycles. The highest BCUT2D eigenvalue weighted by atomic mass is 32.2. The average molecular weight is 416 g/mol. The quantitative estimate of drug-likeness (QED) is 0.732. The lowest BCUT2D eigenvalue weighted by molar-refractivity contribution is -0.122. The van der Waals surface area contributed by atoms with E-state index in [1.54, 1.807) is 42.5 Å². The van der Waals surface area contributed by atoms with E-state index in [0.29, 0.717) is 29.5 Å². The van der Waals surface area contributed by atoms with E-state index in [9.17, 15) is 13.2 Å². The standard InChI is InChI=1S/C21H24N2O5S/c1-4-13-27-17-8-6-16(7-9-17)22-21(24)20-11-12-23(29(3,25)26)18-14-15(2)5-10-19(18)28-20/h4-10,14,20H,1,11-13H2,2-3H3,(H,22,24). The van der Waals surface area contributed by atoms with Crippen LogP contribution in [0.4, 0.5) is 11.4 Å². The fourth-order valence-corrected chi connectivity index (χ4v) is 3.97. The molecule has 7 nitrogen and oxygen atoms in total. The molecule has 0 aliphatic carbocycles. The van der Waals surface area contributed by atoms with Crippen molar-refractivity contribution < 1.29 is 22.7 Å². The molecule has 0 fully saturated rings. The van der Waals surface area contributed by atoms with Crippen molar-refractivity contribution in [2.45, 2.75) is 19.4 Å². The molecule has 0 radical (unpaired) electrons. The van der Waals surface area contributed by atoms with E-state index in [-0.39, 0.29) is 18.9 Å². The Bertz CT molecular complexity index is 1000. The summed E-state index contributed by atoms with van der Waals surface area (Å²) < 4.78 is 37.1. The molecule has 1 atom stereocenters. The molecule has 29 heavy (non-hydrogen) atoms. The molecule has 0 spiro atoms. The van der Waals surface area contributed by atoms with Crippen molar-refractivity contribution >= 4 is 27.3 Å². The van der Waals surface area contributed by atoms with Gasteiger partial charge in [-0.25, -0.2) is 8.42 Å². The highest BCUT2D eigenvalue weighted by Gasteiger charge is 2.31. The van der Waals surface area contributed by atoms with Crippen LogP contribution < -0.4 is 19.1 Å². The highest BCUT2D eigenvalue weighted by molar-refractivity contribution is 7.92. The van der Waals surface area contributed by atoms with Crippen molar-refractivity contribution in [2.75, 3.05) is 29.0 Å². The number of fused-ring (bicyclic) bond motifs is 1. The molecule has 1 N–H and O–H groups in total. The van der Waals surface area contributed by atoms with E-state index in [4.69, 9.17) is 9.47 Å². The molecule has 154 valence electrons. The third kappa shape index (κ3) is 5.08. The van der Waals surface area contributed by atoms with Gasteiger partial charge in [-0.3, -0.25) is 9.10 Å². The Balaban J connectivity index is 1.77. The monoisotopic (exact) mass is 416 g/mol. The predicted molar refractivity (Wildman–Crippen MR) is 113 cm³/mol. The highest BCUT2D eigenvalue weighted by Crippen LogP contribution is 2.35. The van der Waals surface area contributed by atoms with Crippen LogP contribution in [0.2, 0.25) is 0 Å². The Morgan fingerprint density at radius 3 is 2.69 bits per heavy atom. The normalized spacial score (nSPS) is 16.2. The van der Waals surface area contributed by atoms with Crippen molar-refractivity contribution in [1.82, 2.24) is 0 Å². The maximum atomic E-state index is 12.8. The summed E-state index contributed by atoms with van der Waals surface area (Å²) in [4.78, 5) is 12.8. The third-order valence-electron chi connectivity index (χ3n) is 4.43. The Kier molecular flexibility index (Phi) is 6.12. The zero-order valence-corrected chi connectivity index (χ0v) is 17.2. The Morgan fingerprint density at radius 1 is 1.31 bits per heavy atom. The summed E-state index contributed by atoms with van der Waals surface area (Å²) >= 11 is 0. The number of carbonyl (C=O) groups is 1. The lowest BCUT2D eigenvalue weighted by atomic mass is 10.2. The molecule has 0 bridgehead atoms. The number of rotatable bonds is 6. The minimum atomic E-state index is -3.50. The van der Waals surface area contributed by atoms with Crippen LogP contribution in [0.15, 0.2) is 55.1 Å². The summed E-state index contributed by atoms with van der Waals surface area (Å²) in [7, 11) is -3.50. The van der Waals surface area contributed by atoms with Crippen LogP contribution in [0.1, 0.15) is 12.0 Å². The number of benzene rings is 2. The van der Waals surface area contributed by atoms with Crippen molar-refractivity contribution in [3.8, 4) is 11.5 Å². The average Bonchev–Trinajstić information content (AvgIpc) is 2.86. The third-order valence-corrected chi connectivity index (χ3v) is 5.61. The molecule has 1 amide bonds. The molecule has 1 unspecified atom stereocenters. The number of hydrogen-bond acceptors (Lipinski definition) is 5. The minimum absolute atomic E-state index is 0.154. The first-order valence-corrected chi connectivity index (χ1v) is 11.0. The van der Waals surface area contributed by atoms with Crippen molar-refractivity contribution in [2.24, 2.45) is 0 Å². The van der Waals surface area contributed by atoms with Gasteiger partial charge in [-0.1, -0.05) is 18.7 Å². The van der Waals surface area contributed by atoms with E-state index in [1.165, 1.54) is 4.31 Å². The molecule has 3 rings (SSSR count). The molecule has 1 heterocycles. The number of nitrogens with one attached hydrogen (secondary N) is 1. The maximum Gasteiger partial charge on any atom is 0.265 e. The number of hydrogen-bond donors (Lipinski definition) is 1. The number of carbonyl (C=O) groups excluding carboxylic acids is 1. The maximum absolute atomic E-state index is 12.8. The Morgan fingerprint density at radius 2 is 2.03 bits per heavy atom. The van der Waals surface area contributed by atoms with Gasteiger partial charge in [0.1, 0.15) is 18.1 Å². The van der Waals surface area contributed by atoms with Gasteiger partial charge in [0.25, 0.3) is 5.91 Å². The summed E-state index contributed by atoms with van der Waals surface area (Å²) in [5.41, 5.74) is 1.95. The zero-order valence-electron chi connectivity index (χ0n) is 16.4. The smallest absolute Gasteiger partial charge is 0.265 e. The summed E-state index contributed by atoms with van der Waals surface area (Å²) in [6.07, 6.45) is 2.21. The van der Waals surface area contributed by atoms with Crippen LogP contribution in [0.5, 0.6) is 11.5 Å². The summed E-state index contributed by atoms with van der Waals surface area (Å²) in [5.74, 6) is 0.695. The minimum Gasteiger partial charge on any atom is -0.490 e. The second-order valence-corrected chi connectivity index (χ2v) is 8.72.